The van der Waals surface area contributed by atoms with E-state index in [4.69, 9.17) is 4.74 Å². The predicted molar refractivity (Wildman–Crippen MR) is 153 cm³/mol. The molecule has 2 heterocycles. The first-order valence-electron chi connectivity index (χ1n) is 13.0. The van der Waals surface area contributed by atoms with Gasteiger partial charge in [-0.2, -0.15) is 0 Å². The van der Waals surface area contributed by atoms with Gasteiger partial charge in [-0.25, -0.2) is 0 Å². The summed E-state index contributed by atoms with van der Waals surface area (Å²) in [6.45, 7) is 3.39. The van der Waals surface area contributed by atoms with Crippen molar-refractivity contribution in [2.24, 2.45) is 0 Å². The van der Waals surface area contributed by atoms with Gasteiger partial charge in [-0.3, -0.25) is 9.78 Å². The molecule has 0 aliphatic carbocycles. The Morgan fingerprint density at radius 3 is 2.45 bits per heavy atom. The number of methoxy groups -OCH3 is 1. The van der Waals surface area contributed by atoms with Gasteiger partial charge in [0.1, 0.15) is 5.75 Å². The molecular formula is C33H33N3O2. The Labute approximate surface area is 224 Å². The molecule has 0 aliphatic rings. The molecule has 2 aromatic heterocycles. The van der Waals surface area contributed by atoms with Gasteiger partial charge in [0.05, 0.1) is 7.11 Å². The van der Waals surface area contributed by atoms with Gasteiger partial charge in [0.2, 0.25) is 5.91 Å². The maximum absolute atomic E-state index is 13.2. The lowest BCUT2D eigenvalue weighted by Gasteiger charge is -2.18. The van der Waals surface area contributed by atoms with Gasteiger partial charge in [0.25, 0.3) is 0 Å². The van der Waals surface area contributed by atoms with E-state index in [9.17, 15) is 4.79 Å². The number of aryl methyl sites for hydroxylation is 1. The Hall–Kier alpha value is -4.38. The van der Waals surface area contributed by atoms with E-state index in [0.717, 1.165) is 34.6 Å². The highest BCUT2D eigenvalue weighted by Gasteiger charge is 2.23. The number of carbonyl (C=O) groups excluding carboxylic acids is 1. The standard InChI is InChI=1S/C33H33N3O2/c1-24-10-14-26(15-11-24)30(21-33(37)35-20-18-27-7-5-6-19-34-27)31-23-36(32-9-4-3-8-29(31)32)22-25-12-16-28(38-2)17-13-25/h3-17,19,23,30H,18,20-22H2,1-2H3,(H,35,37)/t30-/m1/s1. The Kier molecular flexibility index (Phi) is 7.84. The van der Waals surface area contributed by atoms with Crippen LogP contribution in [-0.4, -0.2) is 29.1 Å². The Balaban J connectivity index is 1.43. The molecular weight excluding hydrogens is 470 g/mol. The number of ether oxygens (including phenoxy) is 1. The number of carbonyl (C=O) groups is 1. The topological polar surface area (TPSA) is 56.1 Å². The molecule has 5 aromatic rings. The third-order valence-electron chi connectivity index (χ3n) is 7.01. The van der Waals surface area contributed by atoms with Crippen molar-refractivity contribution in [1.29, 1.82) is 0 Å². The normalized spacial score (nSPS) is 11.8. The molecule has 0 saturated carbocycles. The summed E-state index contributed by atoms with van der Waals surface area (Å²) in [6, 6.07) is 31.0. The number of nitrogens with one attached hydrogen (secondary N) is 1. The number of hydrogen-bond donors (Lipinski definition) is 1. The van der Waals surface area contributed by atoms with Gasteiger partial charge in [-0.15, -0.1) is 0 Å². The van der Waals surface area contributed by atoms with Crippen molar-refractivity contribution >= 4 is 16.8 Å². The minimum atomic E-state index is -0.0625. The van der Waals surface area contributed by atoms with Crippen LogP contribution in [0.2, 0.25) is 0 Å². The summed E-state index contributed by atoms with van der Waals surface area (Å²) in [5.74, 6) is 0.825. The third kappa shape index (κ3) is 5.94. The molecule has 38 heavy (non-hydrogen) atoms. The Morgan fingerprint density at radius 2 is 1.71 bits per heavy atom. The molecule has 1 N–H and O–H groups in total. The van der Waals surface area contributed by atoms with Crippen LogP contribution in [0.25, 0.3) is 10.9 Å². The zero-order valence-corrected chi connectivity index (χ0v) is 21.9. The minimum absolute atomic E-state index is 0.0403. The smallest absolute Gasteiger partial charge is 0.220 e. The molecule has 0 radical (unpaired) electrons. The van der Waals surface area contributed by atoms with E-state index in [1.165, 1.54) is 16.5 Å². The van der Waals surface area contributed by atoms with Crippen molar-refractivity contribution in [3.05, 3.63) is 131 Å². The molecule has 1 amide bonds. The Morgan fingerprint density at radius 1 is 0.947 bits per heavy atom. The van der Waals surface area contributed by atoms with E-state index in [1.54, 1.807) is 13.3 Å². The highest BCUT2D eigenvalue weighted by Crippen LogP contribution is 2.35. The van der Waals surface area contributed by atoms with Crippen LogP contribution >= 0.6 is 0 Å². The monoisotopic (exact) mass is 503 g/mol. The number of para-hydroxylation sites is 1. The number of rotatable bonds is 10. The van der Waals surface area contributed by atoms with Crippen LogP contribution in [0.15, 0.2) is 103 Å². The van der Waals surface area contributed by atoms with E-state index in [0.29, 0.717) is 19.4 Å². The predicted octanol–water partition coefficient (Wildman–Crippen LogP) is 6.28. The molecule has 0 spiro atoms. The van der Waals surface area contributed by atoms with Crippen LogP contribution in [-0.2, 0) is 17.8 Å². The zero-order valence-electron chi connectivity index (χ0n) is 21.9. The van der Waals surface area contributed by atoms with E-state index in [1.807, 2.05) is 30.3 Å². The van der Waals surface area contributed by atoms with Gasteiger partial charge in [0.15, 0.2) is 0 Å². The van der Waals surface area contributed by atoms with E-state index in [-0.39, 0.29) is 11.8 Å². The first-order chi connectivity index (χ1) is 18.6. The van der Waals surface area contributed by atoms with Crippen molar-refractivity contribution in [2.75, 3.05) is 13.7 Å². The van der Waals surface area contributed by atoms with Gasteiger partial charge in [0, 0.05) is 60.8 Å². The Bertz CT molecular complexity index is 1490. The largest absolute Gasteiger partial charge is 0.497 e. The number of aromatic nitrogens is 2. The van der Waals surface area contributed by atoms with Crippen LogP contribution in [0.5, 0.6) is 5.75 Å². The SMILES string of the molecule is COc1ccc(Cn2cc([C@H](CC(=O)NCCc3ccccn3)c3ccc(C)cc3)c3ccccc32)cc1. The lowest BCUT2D eigenvalue weighted by Crippen LogP contribution is -2.27. The van der Waals surface area contributed by atoms with Crippen molar-refractivity contribution in [3.8, 4) is 5.75 Å². The summed E-state index contributed by atoms with van der Waals surface area (Å²) < 4.78 is 7.61. The lowest BCUT2D eigenvalue weighted by atomic mass is 9.87. The molecule has 192 valence electrons. The quantitative estimate of drug-likeness (QED) is 0.244. The van der Waals surface area contributed by atoms with Crippen molar-refractivity contribution in [1.82, 2.24) is 14.9 Å². The average molecular weight is 504 g/mol. The van der Waals surface area contributed by atoms with Gasteiger partial charge in [-0.1, -0.05) is 66.2 Å². The van der Waals surface area contributed by atoms with Crippen LogP contribution in [0.1, 0.15) is 40.3 Å². The number of fused-ring (bicyclic) bond motifs is 1. The molecule has 0 unspecified atom stereocenters. The minimum Gasteiger partial charge on any atom is -0.497 e. The lowest BCUT2D eigenvalue weighted by molar-refractivity contribution is -0.121. The zero-order chi connectivity index (χ0) is 26.3. The summed E-state index contributed by atoms with van der Waals surface area (Å²) in [6.07, 6.45) is 5.09. The fraction of sp³-hybridized carbons (Fsp3) is 0.212. The first-order valence-corrected chi connectivity index (χ1v) is 13.0. The second-order valence-corrected chi connectivity index (χ2v) is 9.67. The molecule has 0 saturated heterocycles. The number of hydrogen-bond acceptors (Lipinski definition) is 3. The van der Waals surface area contributed by atoms with E-state index >= 15 is 0 Å². The van der Waals surface area contributed by atoms with Crippen molar-refractivity contribution < 1.29 is 9.53 Å². The van der Waals surface area contributed by atoms with Gasteiger partial charge < -0.3 is 14.6 Å². The molecule has 3 aromatic carbocycles. The second kappa shape index (κ2) is 11.8. The van der Waals surface area contributed by atoms with Gasteiger partial charge >= 0.3 is 0 Å². The van der Waals surface area contributed by atoms with Crippen LogP contribution < -0.4 is 10.1 Å². The van der Waals surface area contributed by atoms with Crippen LogP contribution in [0.4, 0.5) is 0 Å². The summed E-state index contributed by atoms with van der Waals surface area (Å²) in [5, 5.41) is 4.29. The van der Waals surface area contributed by atoms with Crippen molar-refractivity contribution in [3.63, 3.8) is 0 Å². The third-order valence-corrected chi connectivity index (χ3v) is 7.01. The fourth-order valence-electron chi connectivity index (χ4n) is 4.95. The number of nitrogens with zero attached hydrogens (tertiary/aromatic N) is 2. The number of benzene rings is 3. The molecule has 1 atom stereocenters. The highest BCUT2D eigenvalue weighted by atomic mass is 16.5. The summed E-state index contributed by atoms with van der Waals surface area (Å²) >= 11 is 0. The van der Waals surface area contributed by atoms with Crippen molar-refractivity contribution in [2.45, 2.75) is 32.2 Å². The fourth-order valence-corrected chi connectivity index (χ4v) is 4.95. The molecule has 5 rings (SSSR count). The molecule has 0 fully saturated rings. The maximum atomic E-state index is 13.2. The van der Waals surface area contributed by atoms with E-state index < -0.39 is 0 Å². The van der Waals surface area contributed by atoms with Gasteiger partial charge in [-0.05, 0) is 53.9 Å². The molecule has 0 bridgehead atoms. The van der Waals surface area contributed by atoms with E-state index in [2.05, 4.69) is 88.7 Å². The first kappa shape index (κ1) is 25.3. The number of pyridine rings is 1. The average Bonchev–Trinajstić information content (AvgIpc) is 3.31. The number of amides is 1. The molecule has 0 aliphatic heterocycles. The summed E-state index contributed by atoms with van der Waals surface area (Å²) in [7, 11) is 1.68. The summed E-state index contributed by atoms with van der Waals surface area (Å²) in [4.78, 5) is 17.6. The maximum Gasteiger partial charge on any atom is 0.220 e. The molecule has 5 nitrogen and oxygen atoms in total. The second-order valence-electron chi connectivity index (χ2n) is 9.67. The van der Waals surface area contributed by atoms with Crippen LogP contribution in [0, 0.1) is 6.92 Å². The highest BCUT2D eigenvalue weighted by molar-refractivity contribution is 5.86. The molecule has 5 heteroatoms. The van der Waals surface area contributed by atoms with Crippen LogP contribution in [0.3, 0.4) is 0 Å². The summed E-state index contributed by atoms with van der Waals surface area (Å²) in [5.41, 5.74) is 6.84.